The van der Waals surface area contributed by atoms with E-state index in [9.17, 15) is 0 Å². The van der Waals surface area contributed by atoms with Gasteiger partial charge in [-0.1, -0.05) is 0 Å². The Morgan fingerprint density at radius 2 is 2.00 bits per heavy atom. The third-order valence-corrected chi connectivity index (χ3v) is 4.80. The third kappa shape index (κ3) is 5.06. The Morgan fingerprint density at radius 3 is 2.60 bits per heavy atom. The summed E-state index contributed by atoms with van der Waals surface area (Å²) in [6.07, 6.45) is 5.22. The van der Waals surface area contributed by atoms with Gasteiger partial charge in [0.2, 0.25) is 0 Å². The Kier molecular flexibility index (Phi) is 6.22. The van der Waals surface area contributed by atoms with Crippen molar-refractivity contribution < 1.29 is 4.74 Å². The maximum absolute atomic E-state index is 5.23. The van der Waals surface area contributed by atoms with Gasteiger partial charge in [0.1, 0.15) is 0 Å². The Hall–Kier alpha value is -0.721. The van der Waals surface area contributed by atoms with Crippen LogP contribution in [0.3, 0.4) is 0 Å². The van der Waals surface area contributed by atoms with E-state index in [0.29, 0.717) is 19.8 Å². The zero-order chi connectivity index (χ0) is 10.9. The van der Waals surface area contributed by atoms with Gasteiger partial charge < -0.3 is 0 Å². The van der Waals surface area contributed by atoms with Crippen LogP contribution in [-0.4, -0.2) is 21.6 Å². The van der Waals surface area contributed by atoms with Crippen molar-refractivity contribution in [3.63, 3.8) is 0 Å². The first kappa shape index (κ1) is 12.3. The first-order valence-electron chi connectivity index (χ1n) is 5.36. The van der Waals surface area contributed by atoms with Gasteiger partial charge in [-0.25, -0.2) is 0 Å². The molecule has 0 aliphatic heterocycles. The van der Waals surface area contributed by atoms with E-state index in [0.717, 1.165) is 6.61 Å². The summed E-state index contributed by atoms with van der Waals surface area (Å²) in [5, 5.41) is 0. The molecule has 1 aromatic rings. The summed E-state index contributed by atoms with van der Waals surface area (Å²) in [5.41, 5.74) is 0. The zero-order valence-corrected chi connectivity index (χ0v) is 11.1. The summed E-state index contributed by atoms with van der Waals surface area (Å²) in [4.78, 5) is 0.645. The molecule has 0 spiro atoms. The number of benzene rings is 1. The van der Waals surface area contributed by atoms with E-state index in [2.05, 4.69) is 43.3 Å². The molecule has 1 unspecified atom stereocenters. The van der Waals surface area contributed by atoms with Crippen molar-refractivity contribution in [1.82, 2.24) is 0 Å². The van der Waals surface area contributed by atoms with Crippen molar-refractivity contribution in [3.05, 3.63) is 42.7 Å². The summed E-state index contributed by atoms with van der Waals surface area (Å²) >= 11 is 0.517. The molecule has 0 bridgehead atoms. The summed E-state index contributed by atoms with van der Waals surface area (Å²) in [6, 6.07) is 10.7. The van der Waals surface area contributed by atoms with Crippen LogP contribution < -0.4 is 4.46 Å². The Labute approximate surface area is 98.7 Å². The predicted molar refractivity (Wildman–Crippen MR) is 66.6 cm³/mol. The van der Waals surface area contributed by atoms with Crippen molar-refractivity contribution in [2.45, 2.75) is 25.1 Å². The number of hydrogen-bond donors (Lipinski definition) is 0. The fourth-order valence-corrected chi connectivity index (χ4v) is 3.21. The minimum atomic E-state index is 0.517. The molecule has 0 aromatic heterocycles. The first-order valence-corrected chi connectivity index (χ1v) is 7.21. The van der Waals surface area contributed by atoms with Gasteiger partial charge in [0.25, 0.3) is 0 Å². The van der Waals surface area contributed by atoms with Crippen LogP contribution in [0.25, 0.3) is 0 Å². The predicted octanol–water partition coefficient (Wildman–Crippen LogP) is 2.76. The van der Waals surface area contributed by atoms with E-state index in [4.69, 9.17) is 4.74 Å². The van der Waals surface area contributed by atoms with E-state index in [-0.39, 0.29) is 0 Å². The van der Waals surface area contributed by atoms with Gasteiger partial charge in [-0.2, -0.15) is 0 Å². The quantitative estimate of drug-likeness (QED) is 0.570. The topological polar surface area (TPSA) is 9.23 Å². The molecule has 2 heteroatoms. The van der Waals surface area contributed by atoms with E-state index in [1.165, 1.54) is 10.9 Å². The van der Waals surface area contributed by atoms with Gasteiger partial charge in [0, 0.05) is 0 Å². The normalized spacial score (nSPS) is 12.9. The second-order valence-corrected chi connectivity index (χ2v) is 5.92. The summed E-state index contributed by atoms with van der Waals surface area (Å²) in [7, 11) is 0. The van der Waals surface area contributed by atoms with Gasteiger partial charge in [-0.05, 0) is 0 Å². The molecule has 0 heterocycles. The molecule has 0 fully saturated rings. The molecule has 0 saturated heterocycles. The summed E-state index contributed by atoms with van der Waals surface area (Å²) < 4.78 is 6.69. The average Bonchev–Trinajstić information content (AvgIpc) is 2.29. The van der Waals surface area contributed by atoms with Crippen LogP contribution in [-0.2, 0) is 4.74 Å². The Morgan fingerprint density at radius 1 is 1.27 bits per heavy atom. The van der Waals surface area contributed by atoms with Gasteiger partial charge in [0.05, 0.1) is 0 Å². The van der Waals surface area contributed by atoms with Crippen molar-refractivity contribution in [2.24, 2.45) is 0 Å². The van der Waals surface area contributed by atoms with Gasteiger partial charge in [0.15, 0.2) is 0 Å². The molecule has 82 valence electrons. The zero-order valence-electron chi connectivity index (χ0n) is 9.35. The minimum absolute atomic E-state index is 0.517. The van der Waals surface area contributed by atoms with E-state index in [1.54, 1.807) is 0 Å². The average molecular weight is 269 g/mol. The van der Waals surface area contributed by atoms with Crippen LogP contribution in [0.5, 0.6) is 0 Å². The van der Waals surface area contributed by atoms with Gasteiger partial charge in [-0.3, -0.25) is 0 Å². The molecule has 0 radical (unpaired) electrons. The number of hydrogen-bond acceptors (Lipinski definition) is 1. The van der Waals surface area contributed by atoms with Crippen LogP contribution in [0.2, 0.25) is 4.82 Å². The molecule has 0 aliphatic rings. The van der Waals surface area contributed by atoms with E-state index >= 15 is 0 Å². The SMILES string of the molecule is CCO/C=C/C(CC)[Se]c1ccccc1. The second-order valence-electron chi connectivity index (χ2n) is 3.16. The van der Waals surface area contributed by atoms with Crippen LogP contribution >= 0.6 is 0 Å². The summed E-state index contributed by atoms with van der Waals surface area (Å²) in [5.74, 6) is 0. The Balaban J connectivity index is 2.47. The molecule has 1 nitrogen and oxygen atoms in total. The number of allylic oxidation sites excluding steroid dienone is 1. The fourth-order valence-electron chi connectivity index (χ4n) is 1.17. The molecular formula is C13H18OSe. The van der Waals surface area contributed by atoms with Crippen LogP contribution in [0.1, 0.15) is 20.3 Å². The molecule has 15 heavy (non-hydrogen) atoms. The monoisotopic (exact) mass is 270 g/mol. The number of rotatable bonds is 6. The van der Waals surface area contributed by atoms with Crippen LogP contribution in [0.15, 0.2) is 42.7 Å². The van der Waals surface area contributed by atoms with E-state index < -0.39 is 0 Å². The van der Waals surface area contributed by atoms with Crippen molar-refractivity contribution in [2.75, 3.05) is 6.61 Å². The van der Waals surface area contributed by atoms with Crippen molar-refractivity contribution in [3.8, 4) is 0 Å². The third-order valence-electron chi connectivity index (χ3n) is 1.99. The molecule has 0 saturated carbocycles. The van der Waals surface area contributed by atoms with Crippen LogP contribution in [0.4, 0.5) is 0 Å². The Bertz CT molecular complexity index is 282. The molecule has 1 rings (SSSR count). The molecule has 1 atom stereocenters. The van der Waals surface area contributed by atoms with E-state index in [1.807, 2.05) is 13.2 Å². The molecule has 0 N–H and O–H groups in total. The van der Waals surface area contributed by atoms with Gasteiger partial charge in [-0.15, -0.1) is 0 Å². The first-order chi connectivity index (χ1) is 7.36. The molecule has 0 aliphatic carbocycles. The maximum atomic E-state index is 5.23. The molecular weight excluding hydrogens is 251 g/mol. The van der Waals surface area contributed by atoms with Crippen LogP contribution in [0, 0.1) is 0 Å². The van der Waals surface area contributed by atoms with Crippen molar-refractivity contribution in [1.29, 1.82) is 0 Å². The van der Waals surface area contributed by atoms with Crippen molar-refractivity contribution >= 4 is 19.4 Å². The second kappa shape index (κ2) is 7.56. The fraction of sp³-hybridized carbons (Fsp3) is 0.385. The number of ether oxygens (including phenoxy) is 1. The summed E-state index contributed by atoms with van der Waals surface area (Å²) in [6.45, 7) is 4.99. The standard InChI is InChI=1S/C13H18OSe/c1-3-12(10-11-14-4-2)15-13-8-6-5-7-9-13/h5-12H,3-4H2,1-2H3/b11-10+. The molecule has 1 aromatic carbocycles. The van der Waals surface area contributed by atoms with Gasteiger partial charge >= 0.3 is 98.5 Å². The molecule has 0 amide bonds.